The summed E-state index contributed by atoms with van der Waals surface area (Å²) in [6, 6.07) is 3.38. The summed E-state index contributed by atoms with van der Waals surface area (Å²) in [5.41, 5.74) is -0.801. The first-order valence-corrected chi connectivity index (χ1v) is 5.70. The first-order chi connectivity index (χ1) is 9.34. The van der Waals surface area contributed by atoms with Gasteiger partial charge in [0.2, 0.25) is 0 Å². The second-order valence-electron chi connectivity index (χ2n) is 3.85. The van der Waals surface area contributed by atoms with Crippen molar-refractivity contribution in [3.8, 4) is 5.75 Å². The highest BCUT2D eigenvalue weighted by Gasteiger charge is 2.34. The highest BCUT2D eigenvalue weighted by molar-refractivity contribution is 5.85. The summed E-state index contributed by atoms with van der Waals surface area (Å²) in [7, 11) is 0. The van der Waals surface area contributed by atoms with E-state index in [0.717, 1.165) is 18.2 Å². The van der Waals surface area contributed by atoms with Gasteiger partial charge in [-0.05, 0) is 30.2 Å². The molecule has 1 aromatic rings. The molecule has 0 radical (unpaired) electrons. The van der Waals surface area contributed by atoms with Crippen molar-refractivity contribution in [3.05, 3.63) is 48.1 Å². The number of hydrogen-bond donors (Lipinski definition) is 1. The standard InChI is InChI=1S/C14H13F3O3/c1-2-3-8-20-12-6-4-10(5-7-13(18)19)9-11(12)14(15,16)17/h2,4-7,9H,1,3,8H2,(H,18,19). The normalized spacial score (nSPS) is 11.6. The SMILES string of the molecule is C=CCCOc1ccc(C=CC(=O)O)cc1C(F)(F)F. The Hall–Kier alpha value is -2.24. The molecule has 0 saturated carbocycles. The van der Waals surface area contributed by atoms with Crippen LogP contribution in [0.5, 0.6) is 5.75 Å². The van der Waals surface area contributed by atoms with Crippen LogP contribution in [0.15, 0.2) is 36.9 Å². The molecule has 0 aliphatic carbocycles. The van der Waals surface area contributed by atoms with E-state index in [1.54, 1.807) is 0 Å². The van der Waals surface area contributed by atoms with E-state index < -0.39 is 17.7 Å². The molecule has 0 aliphatic rings. The fourth-order valence-electron chi connectivity index (χ4n) is 1.42. The molecule has 1 N–H and O–H groups in total. The van der Waals surface area contributed by atoms with E-state index in [2.05, 4.69) is 6.58 Å². The molecule has 0 atom stereocenters. The third kappa shape index (κ3) is 4.79. The van der Waals surface area contributed by atoms with Gasteiger partial charge in [-0.15, -0.1) is 6.58 Å². The molecule has 20 heavy (non-hydrogen) atoms. The van der Waals surface area contributed by atoms with E-state index in [4.69, 9.17) is 9.84 Å². The minimum absolute atomic E-state index is 0.0941. The monoisotopic (exact) mass is 286 g/mol. The molecule has 3 nitrogen and oxygen atoms in total. The van der Waals surface area contributed by atoms with Crippen LogP contribution in [0.2, 0.25) is 0 Å². The van der Waals surface area contributed by atoms with Crippen LogP contribution in [-0.2, 0) is 11.0 Å². The van der Waals surface area contributed by atoms with Crippen LogP contribution in [0, 0.1) is 0 Å². The van der Waals surface area contributed by atoms with Gasteiger partial charge in [-0.1, -0.05) is 12.1 Å². The summed E-state index contributed by atoms with van der Waals surface area (Å²) >= 11 is 0. The second-order valence-corrected chi connectivity index (χ2v) is 3.85. The minimum Gasteiger partial charge on any atom is -0.493 e. The van der Waals surface area contributed by atoms with Gasteiger partial charge < -0.3 is 9.84 Å². The zero-order valence-corrected chi connectivity index (χ0v) is 10.5. The summed E-state index contributed by atoms with van der Waals surface area (Å²) in [6.45, 7) is 3.55. The summed E-state index contributed by atoms with van der Waals surface area (Å²) in [4.78, 5) is 10.4. The van der Waals surface area contributed by atoms with E-state index in [9.17, 15) is 18.0 Å². The lowest BCUT2D eigenvalue weighted by Crippen LogP contribution is -2.09. The van der Waals surface area contributed by atoms with Crippen molar-refractivity contribution in [2.45, 2.75) is 12.6 Å². The molecule has 0 fully saturated rings. The van der Waals surface area contributed by atoms with E-state index in [1.807, 2.05) is 0 Å². The topological polar surface area (TPSA) is 46.5 Å². The number of halogens is 3. The lowest BCUT2D eigenvalue weighted by atomic mass is 10.1. The third-order valence-corrected chi connectivity index (χ3v) is 2.31. The number of ether oxygens (including phenoxy) is 1. The molecule has 0 spiro atoms. The Kier molecular flexibility index (Phi) is 5.37. The van der Waals surface area contributed by atoms with Gasteiger partial charge in [-0.25, -0.2) is 4.79 Å². The largest absolute Gasteiger partial charge is 0.493 e. The number of carboxylic acid groups (broad SMARTS) is 1. The first-order valence-electron chi connectivity index (χ1n) is 5.70. The van der Waals surface area contributed by atoms with Gasteiger partial charge in [0.15, 0.2) is 0 Å². The van der Waals surface area contributed by atoms with Gasteiger partial charge in [0, 0.05) is 6.08 Å². The van der Waals surface area contributed by atoms with Gasteiger partial charge >= 0.3 is 12.1 Å². The number of carboxylic acids is 1. The number of rotatable bonds is 6. The zero-order chi connectivity index (χ0) is 15.2. The molecule has 108 valence electrons. The highest BCUT2D eigenvalue weighted by Crippen LogP contribution is 2.37. The maximum Gasteiger partial charge on any atom is 0.419 e. The maximum atomic E-state index is 12.9. The first kappa shape index (κ1) is 15.8. The number of hydrogen-bond acceptors (Lipinski definition) is 2. The van der Waals surface area contributed by atoms with Crippen molar-refractivity contribution in [2.24, 2.45) is 0 Å². The Morgan fingerprint density at radius 2 is 2.10 bits per heavy atom. The lowest BCUT2D eigenvalue weighted by molar-refractivity contribution is -0.139. The average Bonchev–Trinajstić information content (AvgIpc) is 2.36. The van der Waals surface area contributed by atoms with E-state index in [-0.39, 0.29) is 17.9 Å². The van der Waals surface area contributed by atoms with Crippen molar-refractivity contribution < 1.29 is 27.8 Å². The van der Waals surface area contributed by atoms with Crippen LogP contribution in [0.1, 0.15) is 17.5 Å². The van der Waals surface area contributed by atoms with Crippen molar-refractivity contribution in [1.82, 2.24) is 0 Å². The predicted octanol–water partition coefficient (Wildman–Crippen LogP) is 3.76. The molecule has 1 aromatic carbocycles. The van der Waals surface area contributed by atoms with Crippen molar-refractivity contribution in [3.63, 3.8) is 0 Å². The molecule has 0 amide bonds. The van der Waals surface area contributed by atoms with Gasteiger partial charge in [0.1, 0.15) is 5.75 Å². The Bertz CT molecular complexity index is 519. The molecule has 0 aliphatic heterocycles. The van der Waals surface area contributed by atoms with E-state index in [0.29, 0.717) is 6.42 Å². The lowest BCUT2D eigenvalue weighted by Gasteiger charge is -2.14. The predicted molar refractivity (Wildman–Crippen MR) is 68.4 cm³/mol. The third-order valence-electron chi connectivity index (χ3n) is 2.31. The molecule has 1 rings (SSSR count). The molecule has 0 heterocycles. The molecule has 0 aromatic heterocycles. The molecule has 0 unspecified atom stereocenters. The van der Waals surface area contributed by atoms with Gasteiger partial charge in [-0.3, -0.25) is 0 Å². The van der Waals surface area contributed by atoms with Gasteiger partial charge in [0.25, 0.3) is 0 Å². The Labute approximate surface area is 114 Å². The average molecular weight is 286 g/mol. The Balaban J connectivity index is 3.06. The van der Waals surface area contributed by atoms with Crippen molar-refractivity contribution >= 4 is 12.0 Å². The van der Waals surface area contributed by atoms with Gasteiger partial charge in [0.05, 0.1) is 12.2 Å². The molecule has 0 saturated heterocycles. The smallest absolute Gasteiger partial charge is 0.419 e. The van der Waals surface area contributed by atoms with Crippen molar-refractivity contribution in [2.75, 3.05) is 6.61 Å². The molecular formula is C14H13F3O3. The van der Waals surface area contributed by atoms with Crippen LogP contribution in [-0.4, -0.2) is 17.7 Å². The fraction of sp³-hybridized carbons (Fsp3) is 0.214. The summed E-state index contributed by atoms with van der Waals surface area (Å²) in [6.07, 6.45) is -0.745. The number of aliphatic carboxylic acids is 1. The van der Waals surface area contributed by atoms with Crippen LogP contribution in [0.25, 0.3) is 6.08 Å². The fourth-order valence-corrected chi connectivity index (χ4v) is 1.42. The van der Waals surface area contributed by atoms with Crippen LogP contribution >= 0.6 is 0 Å². The maximum absolute atomic E-state index is 12.9. The van der Waals surface area contributed by atoms with E-state index in [1.165, 1.54) is 18.2 Å². The van der Waals surface area contributed by atoms with Crippen LogP contribution < -0.4 is 4.74 Å². The summed E-state index contributed by atoms with van der Waals surface area (Å²) < 4.78 is 43.7. The van der Waals surface area contributed by atoms with Crippen molar-refractivity contribution in [1.29, 1.82) is 0 Å². The van der Waals surface area contributed by atoms with Crippen LogP contribution in [0.4, 0.5) is 13.2 Å². The summed E-state index contributed by atoms with van der Waals surface area (Å²) in [5, 5.41) is 8.46. The van der Waals surface area contributed by atoms with Crippen LogP contribution in [0.3, 0.4) is 0 Å². The zero-order valence-electron chi connectivity index (χ0n) is 10.5. The van der Waals surface area contributed by atoms with Gasteiger partial charge in [-0.2, -0.15) is 13.2 Å². The Morgan fingerprint density at radius 3 is 2.65 bits per heavy atom. The Morgan fingerprint density at radius 1 is 1.40 bits per heavy atom. The highest BCUT2D eigenvalue weighted by atomic mass is 19.4. The number of carbonyl (C=O) groups is 1. The second kappa shape index (κ2) is 6.79. The molecule has 0 bridgehead atoms. The quantitative estimate of drug-likeness (QED) is 0.492. The van der Waals surface area contributed by atoms with E-state index >= 15 is 0 Å². The minimum atomic E-state index is -4.57. The molecule has 6 heteroatoms. The number of alkyl halides is 3. The number of benzene rings is 1. The molecular weight excluding hydrogens is 273 g/mol. The summed E-state index contributed by atoms with van der Waals surface area (Å²) in [5.74, 6) is -1.52.